The molecule has 0 fully saturated rings. The zero-order chi connectivity index (χ0) is 21.4. The topological polar surface area (TPSA) is 59.5 Å². The van der Waals surface area contributed by atoms with E-state index in [4.69, 9.17) is 6.57 Å². The van der Waals surface area contributed by atoms with E-state index in [1.165, 1.54) is 42.1 Å². The first-order chi connectivity index (χ1) is 13.5. The fourth-order valence-corrected chi connectivity index (χ4v) is 2.96. The van der Waals surface area contributed by atoms with Gasteiger partial charge in [0.25, 0.3) is 0 Å². The van der Waals surface area contributed by atoms with Crippen LogP contribution in [0.4, 0.5) is 23.2 Å². The van der Waals surface area contributed by atoms with Gasteiger partial charge in [-0.15, -0.1) is 0 Å². The Morgan fingerprint density at radius 3 is 2.62 bits per heavy atom. The molecule has 3 rings (SSSR count). The molecule has 3 aromatic rings. The molecule has 0 amide bonds. The van der Waals surface area contributed by atoms with Gasteiger partial charge in [0, 0.05) is 11.8 Å². The third kappa shape index (κ3) is 4.27. The molecule has 9 heteroatoms. The van der Waals surface area contributed by atoms with Gasteiger partial charge in [0.05, 0.1) is 30.4 Å². The second-order valence-corrected chi connectivity index (χ2v) is 6.84. The molecule has 1 aromatic heterocycles. The summed E-state index contributed by atoms with van der Waals surface area (Å²) in [6.07, 6.45) is -3.80. The highest BCUT2D eigenvalue weighted by atomic mass is 19.4. The minimum absolute atomic E-state index is 0.0300. The lowest BCUT2D eigenvalue weighted by Crippen LogP contribution is -2.41. The van der Waals surface area contributed by atoms with Gasteiger partial charge in [-0.05, 0) is 30.7 Å². The van der Waals surface area contributed by atoms with E-state index in [9.17, 15) is 27.5 Å². The van der Waals surface area contributed by atoms with Gasteiger partial charge in [-0.25, -0.2) is 9.24 Å². The van der Waals surface area contributed by atoms with E-state index in [-0.39, 0.29) is 12.1 Å². The first kappa shape index (κ1) is 20.5. The van der Waals surface area contributed by atoms with Crippen LogP contribution in [-0.2, 0) is 23.9 Å². The smallest absolute Gasteiger partial charge is 0.380 e. The Morgan fingerprint density at radius 1 is 1.24 bits per heavy atom. The van der Waals surface area contributed by atoms with Crippen molar-refractivity contribution in [2.45, 2.75) is 31.7 Å². The zero-order valence-electron chi connectivity index (χ0n) is 15.2. The van der Waals surface area contributed by atoms with Gasteiger partial charge < -0.3 is 5.11 Å². The van der Waals surface area contributed by atoms with E-state index in [2.05, 4.69) is 9.94 Å². The number of fused-ring (bicyclic) bond motifs is 1. The second kappa shape index (κ2) is 7.29. The molecule has 2 aromatic carbocycles. The average Bonchev–Trinajstić information content (AvgIpc) is 3.02. The molecule has 1 N–H and O–H groups in total. The van der Waals surface area contributed by atoms with Crippen molar-refractivity contribution in [1.29, 1.82) is 0 Å². The number of carbonyl (C=O) groups is 1. The third-order valence-electron chi connectivity index (χ3n) is 4.51. The van der Waals surface area contributed by atoms with Gasteiger partial charge in [0.15, 0.2) is 11.5 Å². The molecule has 0 aliphatic heterocycles. The predicted molar refractivity (Wildman–Crippen MR) is 96.7 cm³/mol. The molecule has 1 atom stereocenters. The number of aromatic nitrogens is 2. The molecule has 0 unspecified atom stereocenters. The number of rotatable bonds is 5. The standard InChI is InChI=1S/C20H15F4N3O2/c1-19(29,11-27-17-6-4-14(21)9-13(17)10-26-27)18(28)8-12-3-5-16(25-2)15(7-12)20(22,23)24/h3-7,9-10,29H,8,11H2,1H3/t19-/m0/s1. The molecule has 0 saturated carbocycles. The summed E-state index contributed by atoms with van der Waals surface area (Å²) in [6, 6.07) is 6.93. The van der Waals surface area contributed by atoms with Crippen LogP contribution in [0.1, 0.15) is 18.1 Å². The van der Waals surface area contributed by atoms with Crippen molar-refractivity contribution >= 4 is 22.4 Å². The highest BCUT2D eigenvalue weighted by Crippen LogP contribution is 2.37. The van der Waals surface area contributed by atoms with Gasteiger partial charge in [0.1, 0.15) is 11.4 Å². The highest BCUT2D eigenvalue weighted by Gasteiger charge is 2.35. The summed E-state index contributed by atoms with van der Waals surface area (Å²) in [7, 11) is 0. The maximum Gasteiger partial charge on any atom is 0.407 e. The van der Waals surface area contributed by atoms with Gasteiger partial charge in [-0.2, -0.15) is 18.3 Å². The second-order valence-electron chi connectivity index (χ2n) is 6.84. The van der Waals surface area contributed by atoms with Gasteiger partial charge >= 0.3 is 6.18 Å². The van der Waals surface area contributed by atoms with Crippen LogP contribution in [0.3, 0.4) is 0 Å². The number of Topliss-reactive ketones (excluding diaryl/α,β-unsaturated/α-hetero) is 1. The lowest BCUT2D eigenvalue weighted by molar-refractivity contribution is -0.138. The number of nitrogens with zero attached hydrogens (tertiary/aromatic N) is 3. The maximum absolute atomic E-state index is 13.3. The van der Waals surface area contributed by atoms with Gasteiger partial charge in [-0.1, -0.05) is 18.2 Å². The minimum atomic E-state index is -4.73. The lowest BCUT2D eigenvalue weighted by Gasteiger charge is -2.22. The van der Waals surface area contributed by atoms with Crippen LogP contribution in [0, 0.1) is 12.4 Å². The Balaban J connectivity index is 1.83. The van der Waals surface area contributed by atoms with Crippen molar-refractivity contribution in [1.82, 2.24) is 9.78 Å². The normalized spacial score (nSPS) is 13.8. The first-order valence-corrected chi connectivity index (χ1v) is 8.45. The number of halogens is 4. The lowest BCUT2D eigenvalue weighted by atomic mass is 9.94. The molecule has 150 valence electrons. The van der Waals surface area contributed by atoms with E-state index in [1.54, 1.807) is 0 Å². The van der Waals surface area contributed by atoms with Gasteiger partial charge in [0.2, 0.25) is 0 Å². The molecule has 0 aliphatic carbocycles. The molecule has 0 aliphatic rings. The van der Waals surface area contributed by atoms with E-state index in [0.717, 1.165) is 12.1 Å². The summed E-state index contributed by atoms with van der Waals surface area (Å²) in [5, 5.41) is 15.1. The molecule has 1 heterocycles. The monoisotopic (exact) mass is 405 g/mol. The maximum atomic E-state index is 13.3. The van der Waals surface area contributed by atoms with Crippen LogP contribution in [0.25, 0.3) is 15.7 Å². The first-order valence-electron chi connectivity index (χ1n) is 8.45. The fraction of sp³-hybridized carbons (Fsp3) is 0.250. The van der Waals surface area contributed by atoms with Gasteiger partial charge in [-0.3, -0.25) is 9.48 Å². The van der Waals surface area contributed by atoms with Crippen molar-refractivity contribution in [3.8, 4) is 0 Å². The van der Waals surface area contributed by atoms with Crippen LogP contribution in [0.2, 0.25) is 0 Å². The summed E-state index contributed by atoms with van der Waals surface area (Å²) in [5.74, 6) is -1.17. The van der Waals surface area contributed by atoms with Crippen molar-refractivity contribution in [3.63, 3.8) is 0 Å². The summed E-state index contributed by atoms with van der Waals surface area (Å²) >= 11 is 0. The number of alkyl halides is 3. The molecule has 5 nitrogen and oxygen atoms in total. The SMILES string of the molecule is [C-]#[N+]c1ccc(CC(=O)[C@@](C)(O)Cn2ncc3cc(F)ccc32)cc1C(F)(F)F. The molecule has 0 spiro atoms. The number of benzene rings is 2. The van der Waals surface area contributed by atoms with Crippen LogP contribution in [0.15, 0.2) is 42.6 Å². The van der Waals surface area contributed by atoms with Crippen molar-refractivity contribution in [2.75, 3.05) is 0 Å². The van der Waals surface area contributed by atoms with Crippen LogP contribution < -0.4 is 0 Å². The Kier molecular flexibility index (Phi) is 5.15. The van der Waals surface area contributed by atoms with E-state index >= 15 is 0 Å². The highest BCUT2D eigenvalue weighted by molar-refractivity contribution is 5.89. The number of ketones is 1. The summed E-state index contributed by atoms with van der Waals surface area (Å²) in [5.41, 5.74) is -3.08. The Morgan fingerprint density at radius 2 is 1.97 bits per heavy atom. The number of carbonyl (C=O) groups excluding carboxylic acids is 1. The van der Waals surface area contributed by atoms with E-state index in [1.807, 2.05) is 0 Å². The molecule has 0 radical (unpaired) electrons. The largest absolute Gasteiger partial charge is 0.407 e. The van der Waals surface area contributed by atoms with Crippen LogP contribution >= 0.6 is 0 Å². The zero-order valence-corrected chi connectivity index (χ0v) is 15.2. The summed E-state index contributed by atoms with van der Waals surface area (Å²) in [6.45, 7) is 7.83. The van der Waals surface area contributed by atoms with E-state index < -0.39 is 41.0 Å². The summed E-state index contributed by atoms with van der Waals surface area (Å²) < 4.78 is 53.9. The molecule has 29 heavy (non-hydrogen) atoms. The van der Waals surface area contributed by atoms with Crippen molar-refractivity contribution in [2.24, 2.45) is 0 Å². The molecule has 0 bridgehead atoms. The quantitative estimate of drug-likeness (QED) is 0.508. The molecular formula is C20H15F4N3O2. The Labute approximate surface area is 163 Å². The predicted octanol–water partition coefficient (Wildman–Crippen LogP) is 4.31. The number of hydrogen-bond donors (Lipinski definition) is 1. The average molecular weight is 405 g/mol. The summed E-state index contributed by atoms with van der Waals surface area (Å²) in [4.78, 5) is 15.4. The fourth-order valence-electron chi connectivity index (χ4n) is 2.96. The van der Waals surface area contributed by atoms with Crippen LogP contribution in [-0.4, -0.2) is 26.3 Å². The van der Waals surface area contributed by atoms with Crippen LogP contribution in [0.5, 0.6) is 0 Å². The molecular weight excluding hydrogens is 390 g/mol. The Bertz CT molecular complexity index is 1130. The molecule has 0 saturated heterocycles. The van der Waals surface area contributed by atoms with E-state index in [0.29, 0.717) is 10.9 Å². The third-order valence-corrected chi connectivity index (χ3v) is 4.51. The van der Waals surface area contributed by atoms with Crippen molar-refractivity contribution in [3.05, 3.63) is 71.0 Å². The minimum Gasteiger partial charge on any atom is -0.380 e. The van der Waals surface area contributed by atoms with Crippen molar-refractivity contribution < 1.29 is 27.5 Å². The number of hydrogen-bond acceptors (Lipinski definition) is 3. The number of aliphatic hydroxyl groups is 1. The Hall–Kier alpha value is -3.25.